The van der Waals surface area contributed by atoms with E-state index < -0.39 is 10.0 Å². The minimum absolute atomic E-state index is 0.404. The number of benzene rings is 1. The molecule has 0 spiro atoms. The van der Waals surface area contributed by atoms with E-state index in [-0.39, 0.29) is 0 Å². The Bertz CT molecular complexity index is 527. The van der Waals surface area contributed by atoms with E-state index in [1.165, 1.54) is 5.56 Å². The Labute approximate surface area is 127 Å². The van der Waals surface area contributed by atoms with Gasteiger partial charge in [0.05, 0.1) is 4.90 Å². The average molecular weight is 316 g/mol. The first-order valence-corrected chi connectivity index (χ1v) is 9.20. The lowest BCUT2D eigenvalue weighted by molar-refractivity contribution is 0.453. The fourth-order valence-electron chi connectivity index (χ4n) is 2.67. The number of halogens is 1. The van der Waals surface area contributed by atoms with Crippen LogP contribution in [0.1, 0.15) is 31.7 Å². The second kappa shape index (κ2) is 6.92. The van der Waals surface area contributed by atoms with E-state index in [0.717, 1.165) is 25.7 Å². The van der Waals surface area contributed by atoms with Crippen LogP contribution in [0.2, 0.25) is 0 Å². The van der Waals surface area contributed by atoms with E-state index in [4.69, 9.17) is 11.6 Å². The van der Waals surface area contributed by atoms with Gasteiger partial charge in [0.1, 0.15) is 0 Å². The molecule has 1 saturated heterocycles. The van der Waals surface area contributed by atoms with Gasteiger partial charge in [0.2, 0.25) is 10.0 Å². The summed E-state index contributed by atoms with van der Waals surface area (Å²) in [7, 11) is -3.33. The van der Waals surface area contributed by atoms with Crippen LogP contribution in [0, 0.1) is 5.92 Å². The number of alkyl halides is 1. The monoisotopic (exact) mass is 315 g/mol. The molecule has 1 atom stereocenters. The molecule has 112 valence electrons. The Hall–Kier alpha value is -0.580. The van der Waals surface area contributed by atoms with Crippen molar-refractivity contribution in [3.05, 3.63) is 29.8 Å². The van der Waals surface area contributed by atoms with Crippen LogP contribution in [0.25, 0.3) is 0 Å². The molecule has 2 rings (SSSR count). The van der Waals surface area contributed by atoms with Gasteiger partial charge < -0.3 is 0 Å². The standard InChI is InChI=1S/C15H22ClNO2S/c1-2-3-13-4-6-15(7-5-13)20(18,19)17-11-9-14(12-17)8-10-16/h4-7,14H,2-3,8-12H2,1H3. The maximum Gasteiger partial charge on any atom is 0.243 e. The van der Waals surface area contributed by atoms with Gasteiger partial charge in [0.25, 0.3) is 0 Å². The van der Waals surface area contributed by atoms with Crippen LogP contribution in [0.4, 0.5) is 0 Å². The van der Waals surface area contributed by atoms with Gasteiger partial charge in [-0.15, -0.1) is 11.6 Å². The van der Waals surface area contributed by atoms with Gasteiger partial charge in [-0.05, 0) is 42.9 Å². The molecule has 0 aliphatic carbocycles. The van der Waals surface area contributed by atoms with Gasteiger partial charge in [-0.3, -0.25) is 0 Å². The zero-order chi connectivity index (χ0) is 14.6. The Kier molecular flexibility index (Phi) is 5.47. The summed E-state index contributed by atoms with van der Waals surface area (Å²) in [6, 6.07) is 7.30. The van der Waals surface area contributed by atoms with Crippen LogP contribution in [0.5, 0.6) is 0 Å². The highest BCUT2D eigenvalue weighted by molar-refractivity contribution is 7.89. The second-order valence-corrected chi connectivity index (χ2v) is 7.71. The summed E-state index contributed by atoms with van der Waals surface area (Å²) in [4.78, 5) is 0.406. The average Bonchev–Trinajstić information content (AvgIpc) is 2.90. The summed E-state index contributed by atoms with van der Waals surface area (Å²) < 4.78 is 26.7. The van der Waals surface area contributed by atoms with Gasteiger partial charge in [0, 0.05) is 19.0 Å². The van der Waals surface area contributed by atoms with Crippen molar-refractivity contribution in [1.82, 2.24) is 4.31 Å². The maximum atomic E-state index is 12.5. The van der Waals surface area contributed by atoms with E-state index in [2.05, 4.69) is 6.92 Å². The first-order valence-electron chi connectivity index (χ1n) is 7.23. The lowest BCUT2D eigenvalue weighted by Crippen LogP contribution is -2.29. The van der Waals surface area contributed by atoms with E-state index in [1.54, 1.807) is 16.4 Å². The lowest BCUT2D eigenvalue weighted by Gasteiger charge is -2.16. The smallest absolute Gasteiger partial charge is 0.207 e. The molecule has 3 nitrogen and oxygen atoms in total. The van der Waals surface area contributed by atoms with E-state index >= 15 is 0 Å². The van der Waals surface area contributed by atoms with Crippen molar-refractivity contribution in [2.75, 3.05) is 19.0 Å². The number of rotatable bonds is 6. The minimum atomic E-state index is -3.33. The highest BCUT2D eigenvalue weighted by Crippen LogP contribution is 2.26. The molecule has 1 aliphatic rings. The molecular weight excluding hydrogens is 294 g/mol. The number of hydrogen-bond donors (Lipinski definition) is 0. The fraction of sp³-hybridized carbons (Fsp3) is 0.600. The van der Waals surface area contributed by atoms with Crippen LogP contribution in [-0.2, 0) is 16.4 Å². The summed E-state index contributed by atoms with van der Waals surface area (Å²) in [6.45, 7) is 3.33. The number of sulfonamides is 1. The molecule has 0 saturated carbocycles. The van der Waals surface area contributed by atoms with Crippen molar-refractivity contribution in [2.24, 2.45) is 5.92 Å². The Morgan fingerprint density at radius 3 is 2.60 bits per heavy atom. The second-order valence-electron chi connectivity index (χ2n) is 5.39. The Balaban J connectivity index is 2.10. The molecule has 0 bridgehead atoms. The minimum Gasteiger partial charge on any atom is -0.207 e. The maximum absolute atomic E-state index is 12.5. The molecule has 0 N–H and O–H groups in total. The molecule has 0 amide bonds. The van der Waals surface area contributed by atoms with Gasteiger partial charge in [-0.2, -0.15) is 4.31 Å². The Morgan fingerprint density at radius 2 is 2.00 bits per heavy atom. The predicted octanol–water partition coefficient (Wildman–Crippen LogP) is 3.28. The molecule has 0 radical (unpaired) electrons. The molecule has 5 heteroatoms. The van der Waals surface area contributed by atoms with E-state index in [1.807, 2.05) is 12.1 Å². The van der Waals surface area contributed by atoms with Gasteiger partial charge >= 0.3 is 0 Å². The van der Waals surface area contributed by atoms with Crippen LogP contribution in [0.15, 0.2) is 29.2 Å². The van der Waals surface area contributed by atoms with Crippen LogP contribution in [-0.4, -0.2) is 31.7 Å². The summed E-state index contributed by atoms with van der Waals surface area (Å²) in [5.41, 5.74) is 1.19. The molecule has 1 heterocycles. The van der Waals surface area contributed by atoms with Crippen molar-refractivity contribution in [3.8, 4) is 0 Å². The fourth-order valence-corrected chi connectivity index (χ4v) is 4.51. The van der Waals surface area contributed by atoms with Crippen molar-refractivity contribution in [3.63, 3.8) is 0 Å². The SMILES string of the molecule is CCCc1ccc(S(=O)(=O)N2CCC(CCCl)C2)cc1. The zero-order valence-corrected chi connectivity index (χ0v) is 13.5. The van der Waals surface area contributed by atoms with Gasteiger partial charge in [-0.25, -0.2) is 8.42 Å². The molecule has 1 aliphatic heterocycles. The van der Waals surface area contributed by atoms with Crippen molar-refractivity contribution in [1.29, 1.82) is 0 Å². The van der Waals surface area contributed by atoms with E-state index in [9.17, 15) is 8.42 Å². The number of hydrogen-bond acceptors (Lipinski definition) is 2. The normalized spacial score (nSPS) is 20.4. The van der Waals surface area contributed by atoms with Gasteiger partial charge in [-0.1, -0.05) is 25.5 Å². The molecule has 1 aromatic rings. The Morgan fingerprint density at radius 1 is 1.30 bits per heavy atom. The highest BCUT2D eigenvalue weighted by Gasteiger charge is 2.31. The summed E-state index contributed by atoms with van der Waals surface area (Å²) in [6.07, 6.45) is 3.86. The lowest BCUT2D eigenvalue weighted by atomic mass is 10.1. The number of nitrogens with zero attached hydrogens (tertiary/aromatic N) is 1. The third-order valence-electron chi connectivity index (χ3n) is 3.87. The van der Waals surface area contributed by atoms with Crippen molar-refractivity contribution < 1.29 is 8.42 Å². The molecule has 1 aromatic carbocycles. The number of aryl methyl sites for hydroxylation is 1. The topological polar surface area (TPSA) is 37.4 Å². The first-order chi connectivity index (χ1) is 9.57. The molecule has 1 fully saturated rings. The first kappa shape index (κ1) is 15.8. The van der Waals surface area contributed by atoms with Crippen LogP contribution < -0.4 is 0 Å². The molecule has 0 aromatic heterocycles. The molecular formula is C15H22ClNO2S. The van der Waals surface area contributed by atoms with E-state index in [0.29, 0.717) is 29.8 Å². The largest absolute Gasteiger partial charge is 0.243 e. The van der Waals surface area contributed by atoms with Crippen molar-refractivity contribution in [2.45, 2.75) is 37.5 Å². The van der Waals surface area contributed by atoms with Crippen LogP contribution >= 0.6 is 11.6 Å². The predicted molar refractivity (Wildman–Crippen MR) is 82.6 cm³/mol. The summed E-state index contributed by atoms with van der Waals surface area (Å²) in [5, 5.41) is 0. The molecule has 20 heavy (non-hydrogen) atoms. The van der Waals surface area contributed by atoms with Crippen molar-refractivity contribution >= 4 is 21.6 Å². The highest BCUT2D eigenvalue weighted by atomic mass is 35.5. The summed E-state index contributed by atoms with van der Waals surface area (Å²) in [5.74, 6) is 1.01. The quantitative estimate of drug-likeness (QED) is 0.755. The third-order valence-corrected chi connectivity index (χ3v) is 5.96. The molecule has 1 unspecified atom stereocenters. The zero-order valence-electron chi connectivity index (χ0n) is 11.9. The third kappa shape index (κ3) is 3.54. The van der Waals surface area contributed by atoms with Crippen LogP contribution in [0.3, 0.4) is 0 Å². The van der Waals surface area contributed by atoms with Gasteiger partial charge in [0.15, 0.2) is 0 Å². The summed E-state index contributed by atoms with van der Waals surface area (Å²) >= 11 is 5.74.